The van der Waals surface area contributed by atoms with Crippen LogP contribution >= 0.6 is 11.8 Å². The minimum Gasteiger partial charge on any atom is -0.399 e. The number of nitrogen functional groups attached to an aromatic ring is 1. The Morgan fingerprint density at radius 1 is 1.30 bits per heavy atom. The van der Waals surface area contributed by atoms with Gasteiger partial charge >= 0.3 is 0 Å². The van der Waals surface area contributed by atoms with Crippen molar-refractivity contribution in [3.63, 3.8) is 0 Å². The molecule has 1 aromatic carbocycles. The van der Waals surface area contributed by atoms with E-state index in [0.29, 0.717) is 5.69 Å². The molecule has 0 heterocycles. The van der Waals surface area contributed by atoms with Gasteiger partial charge in [-0.2, -0.15) is 11.8 Å². The summed E-state index contributed by atoms with van der Waals surface area (Å²) >= 11 is 1.89. The maximum atomic E-state index is 12.0. The average Bonchev–Trinajstić information content (AvgIpc) is 2.45. The highest BCUT2D eigenvalue weighted by Crippen LogP contribution is 2.17. The molecule has 20 heavy (non-hydrogen) atoms. The van der Waals surface area contributed by atoms with E-state index in [-0.39, 0.29) is 11.8 Å². The second-order valence-corrected chi connectivity index (χ2v) is 6.08. The fourth-order valence-electron chi connectivity index (χ4n) is 2.07. The van der Waals surface area contributed by atoms with Crippen molar-refractivity contribution in [2.24, 2.45) is 0 Å². The molecule has 112 valence electrons. The maximum Gasteiger partial charge on any atom is 0.227 e. The standard InChI is InChI=1S/C16H26N2OS/c1-13(14-8-7-9-15(17)12-14)16(19)18-10-5-3-4-6-11-20-2/h7-9,12-13H,3-6,10-11,17H2,1-2H3,(H,18,19). The molecule has 0 radical (unpaired) electrons. The molecule has 0 spiro atoms. The van der Waals surface area contributed by atoms with Gasteiger partial charge in [0.1, 0.15) is 0 Å². The van der Waals surface area contributed by atoms with Gasteiger partial charge in [-0.05, 0) is 49.5 Å². The van der Waals surface area contributed by atoms with E-state index < -0.39 is 0 Å². The van der Waals surface area contributed by atoms with E-state index in [2.05, 4.69) is 11.6 Å². The van der Waals surface area contributed by atoms with Crippen LogP contribution in [0.5, 0.6) is 0 Å². The second-order valence-electron chi connectivity index (χ2n) is 5.09. The third kappa shape index (κ3) is 6.33. The molecule has 1 rings (SSSR count). The number of nitrogens with two attached hydrogens (primary N) is 1. The van der Waals surface area contributed by atoms with Crippen molar-refractivity contribution in [2.45, 2.75) is 38.5 Å². The van der Waals surface area contributed by atoms with Crippen molar-refractivity contribution in [1.82, 2.24) is 5.32 Å². The lowest BCUT2D eigenvalue weighted by atomic mass is 10.00. The number of nitrogens with one attached hydrogen (secondary N) is 1. The number of thioether (sulfide) groups is 1. The van der Waals surface area contributed by atoms with Crippen LogP contribution in [0.2, 0.25) is 0 Å². The van der Waals surface area contributed by atoms with E-state index in [1.54, 1.807) is 0 Å². The Morgan fingerprint density at radius 2 is 2.05 bits per heavy atom. The van der Waals surface area contributed by atoms with Gasteiger partial charge < -0.3 is 11.1 Å². The Balaban J connectivity index is 2.22. The normalized spacial score (nSPS) is 12.1. The molecule has 0 saturated heterocycles. The summed E-state index contributed by atoms with van der Waals surface area (Å²) in [5.41, 5.74) is 7.42. The van der Waals surface area contributed by atoms with Gasteiger partial charge in [0.15, 0.2) is 0 Å². The van der Waals surface area contributed by atoms with Gasteiger partial charge in [0, 0.05) is 12.2 Å². The number of anilines is 1. The lowest BCUT2D eigenvalue weighted by Gasteiger charge is -2.13. The lowest BCUT2D eigenvalue weighted by Crippen LogP contribution is -2.28. The lowest BCUT2D eigenvalue weighted by molar-refractivity contribution is -0.122. The molecular formula is C16H26N2OS. The van der Waals surface area contributed by atoms with Crippen LogP contribution in [-0.4, -0.2) is 24.5 Å². The van der Waals surface area contributed by atoms with Crippen LogP contribution in [0, 0.1) is 0 Å². The molecule has 0 aromatic heterocycles. The number of unbranched alkanes of at least 4 members (excludes halogenated alkanes) is 3. The first-order valence-electron chi connectivity index (χ1n) is 7.27. The van der Waals surface area contributed by atoms with Gasteiger partial charge in [0.2, 0.25) is 5.91 Å². The van der Waals surface area contributed by atoms with Crippen LogP contribution in [-0.2, 0) is 4.79 Å². The Bertz CT molecular complexity index is 409. The molecule has 0 aliphatic rings. The first-order valence-corrected chi connectivity index (χ1v) is 8.66. The number of hydrogen-bond donors (Lipinski definition) is 2. The molecule has 0 fully saturated rings. The predicted octanol–water partition coefficient (Wildman–Crippen LogP) is 3.41. The summed E-state index contributed by atoms with van der Waals surface area (Å²) in [4.78, 5) is 12.0. The summed E-state index contributed by atoms with van der Waals surface area (Å²) < 4.78 is 0. The third-order valence-corrected chi connectivity index (χ3v) is 4.08. The Kier molecular flexibility index (Phi) is 8.19. The van der Waals surface area contributed by atoms with Crippen molar-refractivity contribution >= 4 is 23.4 Å². The Morgan fingerprint density at radius 3 is 2.75 bits per heavy atom. The van der Waals surface area contributed by atoms with Crippen LogP contribution in [0.4, 0.5) is 5.69 Å². The van der Waals surface area contributed by atoms with Gasteiger partial charge in [0.05, 0.1) is 5.92 Å². The molecule has 3 N–H and O–H groups in total. The van der Waals surface area contributed by atoms with Gasteiger partial charge in [-0.1, -0.05) is 25.0 Å². The average molecular weight is 294 g/mol. The fourth-order valence-corrected chi connectivity index (χ4v) is 2.56. The van der Waals surface area contributed by atoms with Crippen molar-refractivity contribution < 1.29 is 4.79 Å². The van der Waals surface area contributed by atoms with Crippen LogP contribution in [0.1, 0.15) is 44.1 Å². The minimum atomic E-state index is -0.144. The van der Waals surface area contributed by atoms with Crippen LogP contribution in [0.3, 0.4) is 0 Å². The highest BCUT2D eigenvalue weighted by atomic mass is 32.2. The molecule has 3 nitrogen and oxygen atoms in total. The third-order valence-electron chi connectivity index (χ3n) is 3.38. The zero-order valence-electron chi connectivity index (χ0n) is 12.5. The first kappa shape index (κ1) is 16.9. The number of benzene rings is 1. The molecule has 1 atom stereocenters. The first-order chi connectivity index (χ1) is 9.65. The molecule has 1 amide bonds. The highest BCUT2D eigenvalue weighted by molar-refractivity contribution is 7.98. The number of amides is 1. The molecule has 0 aliphatic carbocycles. The van der Waals surface area contributed by atoms with E-state index in [1.807, 2.05) is 43.0 Å². The fraction of sp³-hybridized carbons (Fsp3) is 0.562. The van der Waals surface area contributed by atoms with E-state index in [0.717, 1.165) is 18.5 Å². The van der Waals surface area contributed by atoms with Gasteiger partial charge in [0.25, 0.3) is 0 Å². The van der Waals surface area contributed by atoms with E-state index in [1.165, 1.54) is 25.0 Å². The van der Waals surface area contributed by atoms with Crippen molar-refractivity contribution in [2.75, 3.05) is 24.3 Å². The molecule has 0 bridgehead atoms. The molecule has 0 aliphatic heterocycles. The summed E-state index contributed by atoms with van der Waals surface area (Å²) in [6, 6.07) is 7.54. The van der Waals surface area contributed by atoms with E-state index in [4.69, 9.17) is 5.73 Å². The summed E-state index contributed by atoms with van der Waals surface area (Å²) in [7, 11) is 0. The van der Waals surface area contributed by atoms with E-state index in [9.17, 15) is 4.79 Å². The monoisotopic (exact) mass is 294 g/mol. The molecule has 0 saturated carbocycles. The predicted molar refractivity (Wildman–Crippen MR) is 89.1 cm³/mol. The van der Waals surface area contributed by atoms with Crippen molar-refractivity contribution in [3.05, 3.63) is 29.8 Å². The van der Waals surface area contributed by atoms with Crippen LogP contribution in [0.25, 0.3) is 0 Å². The topological polar surface area (TPSA) is 55.1 Å². The van der Waals surface area contributed by atoms with Crippen molar-refractivity contribution in [3.8, 4) is 0 Å². The zero-order chi connectivity index (χ0) is 14.8. The molecule has 1 unspecified atom stereocenters. The minimum absolute atomic E-state index is 0.0831. The van der Waals surface area contributed by atoms with Gasteiger partial charge in [-0.3, -0.25) is 4.79 Å². The van der Waals surface area contributed by atoms with Gasteiger partial charge in [-0.15, -0.1) is 0 Å². The molecule has 1 aromatic rings. The summed E-state index contributed by atoms with van der Waals surface area (Å²) in [5.74, 6) is 1.17. The number of rotatable bonds is 9. The second kappa shape index (κ2) is 9.70. The number of hydrogen-bond acceptors (Lipinski definition) is 3. The van der Waals surface area contributed by atoms with Crippen molar-refractivity contribution in [1.29, 1.82) is 0 Å². The van der Waals surface area contributed by atoms with Crippen LogP contribution < -0.4 is 11.1 Å². The Labute approximate surface area is 126 Å². The molecular weight excluding hydrogens is 268 g/mol. The van der Waals surface area contributed by atoms with Crippen LogP contribution in [0.15, 0.2) is 24.3 Å². The SMILES string of the molecule is CSCCCCCCNC(=O)C(C)c1cccc(N)c1. The number of carbonyl (C=O) groups excluding carboxylic acids is 1. The zero-order valence-corrected chi connectivity index (χ0v) is 13.3. The largest absolute Gasteiger partial charge is 0.399 e. The highest BCUT2D eigenvalue weighted by Gasteiger charge is 2.14. The summed E-state index contributed by atoms with van der Waals surface area (Å²) in [6.45, 7) is 2.69. The quantitative estimate of drug-likeness (QED) is 0.542. The van der Waals surface area contributed by atoms with Gasteiger partial charge in [-0.25, -0.2) is 0 Å². The smallest absolute Gasteiger partial charge is 0.227 e. The molecule has 4 heteroatoms. The van der Waals surface area contributed by atoms with E-state index >= 15 is 0 Å². The number of carbonyl (C=O) groups is 1. The maximum absolute atomic E-state index is 12.0. The summed E-state index contributed by atoms with van der Waals surface area (Å²) in [6.07, 6.45) is 6.91. The Hall–Kier alpha value is -1.16. The summed E-state index contributed by atoms with van der Waals surface area (Å²) in [5, 5.41) is 3.01.